The van der Waals surface area contributed by atoms with Crippen LogP contribution in [0.25, 0.3) is 6.08 Å². The molecule has 1 aromatic heterocycles. The lowest BCUT2D eigenvalue weighted by molar-refractivity contribution is -0.131. The molecule has 102 valence electrons. The first-order valence-corrected chi connectivity index (χ1v) is 5.88. The van der Waals surface area contributed by atoms with Gasteiger partial charge in [-0.25, -0.2) is 4.79 Å². The number of hydrogen-bond donors (Lipinski definition) is 3. The Kier molecular flexibility index (Phi) is 3.95. The maximum atomic E-state index is 11.9. The van der Waals surface area contributed by atoms with E-state index in [-0.39, 0.29) is 5.91 Å². The van der Waals surface area contributed by atoms with Crippen LogP contribution in [0.4, 0.5) is 5.69 Å². The first-order chi connectivity index (χ1) is 9.56. The van der Waals surface area contributed by atoms with Gasteiger partial charge in [-0.1, -0.05) is 6.07 Å². The van der Waals surface area contributed by atoms with Gasteiger partial charge in [-0.15, -0.1) is 0 Å². The number of carboxylic acids is 1. The molecule has 0 spiro atoms. The Balaban J connectivity index is 2.14. The van der Waals surface area contributed by atoms with Gasteiger partial charge in [0.2, 0.25) is 0 Å². The predicted octanol–water partition coefficient (Wildman–Crippen LogP) is 2.07. The van der Waals surface area contributed by atoms with Gasteiger partial charge in [0.25, 0.3) is 5.91 Å². The molecule has 0 atom stereocenters. The molecule has 0 aliphatic carbocycles. The van der Waals surface area contributed by atoms with E-state index in [0.717, 1.165) is 17.2 Å². The summed E-state index contributed by atoms with van der Waals surface area (Å²) in [7, 11) is 0. The number of rotatable bonds is 4. The smallest absolute Gasteiger partial charge is 0.328 e. The summed E-state index contributed by atoms with van der Waals surface area (Å²) in [5, 5.41) is 17.6. The predicted molar refractivity (Wildman–Crippen MR) is 74.4 cm³/mol. The number of benzene rings is 1. The molecule has 6 nitrogen and oxygen atoms in total. The van der Waals surface area contributed by atoms with Crippen molar-refractivity contribution in [1.29, 1.82) is 0 Å². The number of aryl methyl sites for hydroxylation is 1. The Morgan fingerprint density at radius 1 is 1.35 bits per heavy atom. The molecule has 6 heteroatoms. The molecule has 1 heterocycles. The van der Waals surface area contributed by atoms with Crippen LogP contribution in [0.15, 0.2) is 36.5 Å². The first-order valence-electron chi connectivity index (χ1n) is 5.88. The Morgan fingerprint density at radius 2 is 2.15 bits per heavy atom. The van der Waals surface area contributed by atoms with Crippen LogP contribution in [0.1, 0.15) is 21.6 Å². The number of aliphatic carboxylic acids is 1. The van der Waals surface area contributed by atoms with Crippen molar-refractivity contribution < 1.29 is 14.7 Å². The third-order valence-electron chi connectivity index (χ3n) is 2.66. The van der Waals surface area contributed by atoms with Crippen molar-refractivity contribution in [3.05, 3.63) is 53.4 Å². The summed E-state index contributed by atoms with van der Waals surface area (Å²) < 4.78 is 0. The highest BCUT2D eigenvalue weighted by Gasteiger charge is 2.08. The number of aromatic amines is 1. The summed E-state index contributed by atoms with van der Waals surface area (Å²) >= 11 is 0. The molecule has 1 amide bonds. The second-order valence-corrected chi connectivity index (χ2v) is 4.17. The quantitative estimate of drug-likeness (QED) is 0.742. The number of carboxylic acid groups (broad SMARTS) is 1. The van der Waals surface area contributed by atoms with Gasteiger partial charge in [0.1, 0.15) is 5.69 Å². The van der Waals surface area contributed by atoms with Crippen molar-refractivity contribution in [3.8, 4) is 0 Å². The average Bonchev–Trinajstić information content (AvgIpc) is 2.93. The summed E-state index contributed by atoms with van der Waals surface area (Å²) in [4.78, 5) is 22.3. The lowest BCUT2D eigenvalue weighted by Crippen LogP contribution is -2.13. The van der Waals surface area contributed by atoms with Gasteiger partial charge >= 0.3 is 5.97 Å². The van der Waals surface area contributed by atoms with Crippen LogP contribution < -0.4 is 5.32 Å². The highest BCUT2D eigenvalue weighted by Crippen LogP contribution is 2.18. The molecular formula is C14H13N3O3. The number of carbonyl (C=O) groups excluding carboxylic acids is 1. The number of nitrogens with one attached hydrogen (secondary N) is 2. The molecule has 0 bridgehead atoms. The van der Waals surface area contributed by atoms with E-state index in [1.54, 1.807) is 24.3 Å². The highest BCUT2D eigenvalue weighted by molar-refractivity contribution is 6.03. The van der Waals surface area contributed by atoms with Crippen LogP contribution in [0.2, 0.25) is 0 Å². The molecule has 0 aliphatic heterocycles. The molecule has 2 aromatic rings. The lowest BCUT2D eigenvalue weighted by atomic mass is 10.1. The average molecular weight is 271 g/mol. The SMILES string of the molecule is Cc1cc(C=CC(=O)O)ccc1NC(=O)c1ccn[nH]1. The zero-order chi connectivity index (χ0) is 14.5. The van der Waals surface area contributed by atoms with Gasteiger partial charge in [-0.05, 0) is 42.3 Å². The minimum Gasteiger partial charge on any atom is -0.478 e. The fourth-order valence-electron chi connectivity index (χ4n) is 1.67. The molecule has 3 N–H and O–H groups in total. The van der Waals surface area contributed by atoms with E-state index < -0.39 is 5.97 Å². The van der Waals surface area contributed by atoms with Crippen molar-refractivity contribution in [2.45, 2.75) is 6.92 Å². The molecule has 0 radical (unpaired) electrons. The molecule has 20 heavy (non-hydrogen) atoms. The second kappa shape index (κ2) is 5.83. The van der Waals surface area contributed by atoms with Crippen LogP contribution in [0.3, 0.4) is 0 Å². The van der Waals surface area contributed by atoms with Crippen molar-refractivity contribution in [2.75, 3.05) is 5.32 Å². The zero-order valence-corrected chi connectivity index (χ0v) is 10.8. The van der Waals surface area contributed by atoms with Gasteiger partial charge in [-0.2, -0.15) is 5.10 Å². The first kappa shape index (κ1) is 13.5. The maximum Gasteiger partial charge on any atom is 0.328 e. The molecular weight excluding hydrogens is 258 g/mol. The topological polar surface area (TPSA) is 95.1 Å². The van der Waals surface area contributed by atoms with Gasteiger partial charge in [0.05, 0.1) is 0 Å². The lowest BCUT2D eigenvalue weighted by Gasteiger charge is -2.08. The monoisotopic (exact) mass is 271 g/mol. The summed E-state index contributed by atoms with van der Waals surface area (Å²) in [6, 6.07) is 6.83. The van der Waals surface area contributed by atoms with E-state index in [1.807, 2.05) is 6.92 Å². The van der Waals surface area contributed by atoms with Crippen LogP contribution in [0.5, 0.6) is 0 Å². The summed E-state index contributed by atoms with van der Waals surface area (Å²) in [6.45, 7) is 1.83. The number of amides is 1. The Morgan fingerprint density at radius 3 is 2.75 bits per heavy atom. The zero-order valence-electron chi connectivity index (χ0n) is 10.8. The van der Waals surface area contributed by atoms with Crippen molar-refractivity contribution in [1.82, 2.24) is 10.2 Å². The summed E-state index contributed by atoms with van der Waals surface area (Å²) in [5.41, 5.74) is 2.63. The normalized spacial score (nSPS) is 10.7. The molecule has 0 unspecified atom stereocenters. The Hall–Kier alpha value is -2.89. The fraction of sp³-hybridized carbons (Fsp3) is 0.0714. The van der Waals surface area contributed by atoms with Crippen LogP contribution in [0, 0.1) is 6.92 Å². The molecule has 2 rings (SSSR count). The third-order valence-corrected chi connectivity index (χ3v) is 2.66. The largest absolute Gasteiger partial charge is 0.478 e. The standard InChI is InChI=1S/C14H13N3O3/c1-9-8-10(3-5-13(18)19)2-4-11(9)16-14(20)12-6-7-15-17-12/h2-8H,1H3,(H,15,17)(H,16,20)(H,18,19). The maximum absolute atomic E-state index is 11.9. The van der Waals surface area contributed by atoms with Gasteiger partial charge in [-0.3, -0.25) is 9.89 Å². The van der Waals surface area contributed by atoms with E-state index in [1.165, 1.54) is 12.3 Å². The van der Waals surface area contributed by atoms with E-state index >= 15 is 0 Å². The molecule has 0 saturated heterocycles. The number of hydrogen-bond acceptors (Lipinski definition) is 3. The molecule has 0 fully saturated rings. The van der Waals surface area contributed by atoms with Gasteiger partial charge < -0.3 is 10.4 Å². The van der Waals surface area contributed by atoms with E-state index in [4.69, 9.17) is 5.11 Å². The number of anilines is 1. The number of aromatic nitrogens is 2. The fourth-order valence-corrected chi connectivity index (χ4v) is 1.67. The second-order valence-electron chi connectivity index (χ2n) is 4.17. The third kappa shape index (κ3) is 3.32. The summed E-state index contributed by atoms with van der Waals surface area (Å²) in [5.74, 6) is -1.28. The molecule has 1 aromatic carbocycles. The van der Waals surface area contributed by atoms with E-state index in [0.29, 0.717) is 11.4 Å². The minimum absolute atomic E-state index is 0.278. The number of carbonyl (C=O) groups is 2. The van der Waals surface area contributed by atoms with Crippen LogP contribution in [-0.4, -0.2) is 27.2 Å². The van der Waals surface area contributed by atoms with Gasteiger partial charge in [0.15, 0.2) is 0 Å². The number of H-pyrrole nitrogens is 1. The van der Waals surface area contributed by atoms with Crippen molar-refractivity contribution in [2.24, 2.45) is 0 Å². The molecule has 0 aliphatic rings. The van der Waals surface area contributed by atoms with E-state index in [9.17, 15) is 9.59 Å². The summed E-state index contributed by atoms with van der Waals surface area (Å²) in [6.07, 6.45) is 4.06. The highest BCUT2D eigenvalue weighted by atomic mass is 16.4. The number of nitrogens with zero attached hydrogens (tertiary/aromatic N) is 1. The van der Waals surface area contributed by atoms with Crippen LogP contribution in [-0.2, 0) is 4.79 Å². The van der Waals surface area contributed by atoms with Crippen LogP contribution >= 0.6 is 0 Å². The Bertz CT molecular complexity index is 660. The van der Waals surface area contributed by atoms with Crippen molar-refractivity contribution >= 4 is 23.6 Å². The van der Waals surface area contributed by atoms with E-state index in [2.05, 4.69) is 15.5 Å². The molecule has 0 saturated carbocycles. The minimum atomic E-state index is -1.00. The van der Waals surface area contributed by atoms with Gasteiger partial charge in [0, 0.05) is 18.0 Å². The Labute approximate surface area is 115 Å². The van der Waals surface area contributed by atoms with Crippen molar-refractivity contribution in [3.63, 3.8) is 0 Å².